The molecule has 0 fully saturated rings. The molecule has 64 valence electrons. The summed E-state index contributed by atoms with van der Waals surface area (Å²) in [6, 6.07) is 9.58. The minimum atomic E-state index is 0.118. The minimum Gasteiger partial charge on any atom is -0.396 e. The Hall–Kier alpha value is -0.860. The molecule has 0 unspecified atom stereocenters. The van der Waals surface area contributed by atoms with E-state index in [0.29, 0.717) is 12.8 Å². The molecule has 0 atom stereocenters. The minimum absolute atomic E-state index is 0.118. The number of aliphatic hydroxyl groups is 2. The van der Waals surface area contributed by atoms with Crippen molar-refractivity contribution in [2.75, 3.05) is 13.2 Å². The lowest BCUT2D eigenvalue weighted by molar-refractivity contribution is 0.293. The van der Waals surface area contributed by atoms with Gasteiger partial charge in [0.1, 0.15) is 0 Å². The van der Waals surface area contributed by atoms with Gasteiger partial charge in [-0.25, -0.2) is 0 Å². The Morgan fingerprint density at radius 2 is 1.33 bits per heavy atom. The molecule has 0 aromatic heterocycles. The average molecular weight is 164 g/mol. The van der Waals surface area contributed by atoms with E-state index in [1.54, 1.807) is 12.1 Å². The molecule has 1 rings (SSSR count). The van der Waals surface area contributed by atoms with Crippen molar-refractivity contribution in [3.05, 3.63) is 35.4 Å². The largest absolute Gasteiger partial charge is 0.396 e. The maximum Gasteiger partial charge on any atom is 0.0471 e. The fraction of sp³-hybridized carbons (Fsp3) is 0.400. The van der Waals surface area contributed by atoms with E-state index in [9.17, 15) is 0 Å². The predicted molar refractivity (Wildman–Crippen MR) is 45.7 cm³/mol. The second kappa shape index (κ2) is 4.91. The lowest BCUT2D eigenvalue weighted by Crippen LogP contribution is -2.00. The number of rotatable bonds is 4. The topological polar surface area (TPSA) is 40.5 Å². The van der Waals surface area contributed by atoms with E-state index in [-0.39, 0.29) is 13.2 Å². The first-order valence-electron chi connectivity index (χ1n) is 4.00. The van der Waals surface area contributed by atoms with Gasteiger partial charge in [-0.05, 0) is 36.1 Å². The first kappa shape index (κ1) is 9.23. The predicted octanol–water partition coefficient (Wildman–Crippen LogP) is 0.357. The number of hydrogen-bond acceptors (Lipinski definition) is 2. The Morgan fingerprint density at radius 3 is 1.67 bits per heavy atom. The Bertz CT molecular complexity index is 208. The molecule has 0 aliphatic heterocycles. The van der Waals surface area contributed by atoms with Crippen LogP contribution >= 0.6 is 0 Å². The van der Waals surface area contributed by atoms with Crippen molar-refractivity contribution >= 4 is 0 Å². The summed E-state index contributed by atoms with van der Waals surface area (Å²) in [5, 5.41) is 17.4. The molecule has 1 aromatic rings. The summed E-state index contributed by atoms with van der Waals surface area (Å²) in [6.07, 6.45) is 1.18. The van der Waals surface area contributed by atoms with Crippen LogP contribution in [0.2, 0.25) is 0 Å². The molecule has 1 aromatic carbocycles. The monoisotopic (exact) mass is 164 g/mol. The quantitative estimate of drug-likeness (QED) is 0.674. The zero-order valence-corrected chi connectivity index (χ0v) is 6.88. The lowest BCUT2D eigenvalue weighted by Gasteiger charge is -2.04. The van der Waals surface area contributed by atoms with E-state index >= 15 is 0 Å². The molecule has 0 spiro atoms. The summed E-state index contributed by atoms with van der Waals surface area (Å²) in [6.45, 7) is 0.236. The fourth-order valence-corrected chi connectivity index (χ4v) is 1.13. The molecule has 0 aliphatic carbocycles. The van der Waals surface area contributed by atoms with Gasteiger partial charge >= 0.3 is 0 Å². The molecule has 0 saturated heterocycles. The third-order valence-electron chi connectivity index (χ3n) is 1.69. The summed E-state index contributed by atoms with van der Waals surface area (Å²) in [4.78, 5) is 0. The second-order valence-electron chi connectivity index (χ2n) is 2.53. The van der Waals surface area contributed by atoms with Gasteiger partial charge < -0.3 is 10.2 Å². The van der Waals surface area contributed by atoms with Crippen LogP contribution in [0.5, 0.6) is 0 Å². The first-order valence-corrected chi connectivity index (χ1v) is 4.00. The third kappa shape index (κ3) is 2.32. The Kier molecular flexibility index (Phi) is 3.77. The molecule has 0 heterocycles. The summed E-state index contributed by atoms with van der Waals surface area (Å²) >= 11 is 0. The van der Waals surface area contributed by atoms with Crippen molar-refractivity contribution in [3.8, 4) is 0 Å². The van der Waals surface area contributed by atoms with Crippen LogP contribution in [0, 0.1) is 12.1 Å². The molecule has 2 radical (unpaired) electrons. The van der Waals surface area contributed by atoms with Crippen LogP contribution in [0.1, 0.15) is 11.1 Å². The van der Waals surface area contributed by atoms with Gasteiger partial charge in [0.25, 0.3) is 0 Å². The van der Waals surface area contributed by atoms with Crippen molar-refractivity contribution in [2.24, 2.45) is 0 Å². The van der Waals surface area contributed by atoms with Crippen molar-refractivity contribution in [2.45, 2.75) is 12.8 Å². The average Bonchev–Trinajstić information content (AvgIpc) is 2.09. The van der Waals surface area contributed by atoms with E-state index in [0.717, 1.165) is 11.1 Å². The molecule has 0 bridgehead atoms. The number of hydrogen-bond donors (Lipinski definition) is 2. The van der Waals surface area contributed by atoms with Crippen LogP contribution in [-0.4, -0.2) is 23.4 Å². The summed E-state index contributed by atoms with van der Waals surface area (Å²) < 4.78 is 0. The van der Waals surface area contributed by atoms with Crippen molar-refractivity contribution in [1.82, 2.24) is 0 Å². The summed E-state index contributed by atoms with van der Waals surface area (Å²) in [5.74, 6) is 0. The molecule has 2 nitrogen and oxygen atoms in total. The van der Waals surface area contributed by atoms with Crippen LogP contribution < -0.4 is 0 Å². The maximum atomic E-state index is 8.72. The molecule has 12 heavy (non-hydrogen) atoms. The Labute approximate surface area is 72.5 Å². The Balaban J connectivity index is 2.77. The first-order chi connectivity index (χ1) is 5.88. The maximum absolute atomic E-state index is 8.72. The Morgan fingerprint density at radius 1 is 0.917 bits per heavy atom. The highest BCUT2D eigenvalue weighted by molar-refractivity contribution is 5.25. The van der Waals surface area contributed by atoms with Crippen LogP contribution in [0.25, 0.3) is 0 Å². The zero-order chi connectivity index (χ0) is 8.81. The zero-order valence-electron chi connectivity index (χ0n) is 6.88. The van der Waals surface area contributed by atoms with Crippen LogP contribution in [0.4, 0.5) is 0 Å². The molecule has 2 heteroatoms. The molecular weight excluding hydrogens is 152 g/mol. The van der Waals surface area contributed by atoms with Crippen LogP contribution in [0.3, 0.4) is 0 Å². The lowest BCUT2D eigenvalue weighted by atomic mass is 10.0. The number of benzene rings is 1. The van der Waals surface area contributed by atoms with Gasteiger partial charge in [0.15, 0.2) is 0 Å². The number of aliphatic hydroxyl groups excluding tert-OH is 2. The van der Waals surface area contributed by atoms with Gasteiger partial charge in [0.2, 0.25) is 0 Å². The highest BCUT2D eigenvalue weighted by atomic mass is 16.3. The summed E-state index contributed by atoms with van der Waals surface area (Å²) in [7, 11) is 0. The molecule has 2 N–H and O–H groups in total. The van der Waals surface area contributed by atoms with Gasteiger partial charge in [0, 0.05) is 13.2 Å². The van der Waals surface area contributed by atoms with Gasteiger partial charge in [0.05, 0.1) is 0 Å². The SMILES string of the molecule is OCCc1[c]cc[c]c1CCO. The van der Waals surface area contributed by atoms with Crippen molar-refractivity contribution < 1.29 is 10.2 Å². The standard InChI is InChI=1S/C10H12O2/c11-7-5-9-3-1-2-4-10(9)6-8-12/h1-2,11-12H,5-8H2. The molecular formula is C10H12O2. The third-order valence-corrected chi connectivity index (χ3v) is 1.69. The van der Waals surface area contributed by atoms with E-state index < -0.39 is 0 Å². The normalized spacial score (nSPS) is 10.2. The van der Waals surface area contributed by atoms with E-state index in [4.69, 9.17) is 10.2 Å². The van der Waals surface area contributed by atoms with Gasteiger partial charge in [-0.2, -0.15) is 0 Å². The van der Waals surface area contributed by atoms with Crippen LogP contribution in [-0.2, 0) is 12.8 Å². The van der Waals surface area contributed by atoms with Gasteiger partial charge in [-0.3, -0.25) is 0 Å². The smallest absolute Gasteiger partial charge is 0.0471 e. The van der Waals surface area contributed by atoms with Crippen molar-refractivity contribution in [3.63, 3.8) is 0 Å². The molecule has 0 amide bonds. The highest BCUT2D eigenvalue weighted by Crippen LogP contribution is 2.08. The highest BCUT2D eigenvalue weighted by Gasteiger charge is 2.00. The van der Waals surface area contributed by atoms with E-state index in [1.807, 2.05) is 0 Å². The summed E-state index contributed by atoms with van der Waals surface area (Å²) in [5.41, 5.74) is 1.91. The molecule has 0 saturated carbocycles. The van der Waals surface area contributed by atoms with E-state index in [2.05, 4.69) is 12.1 Å². The van der Waals surface area contributed by atoms with E-state index in [1.165, 1.54) is 0 Å². The van der Waals surface area contributed by atoms with Crippen molar-refractivity contribution in [1.29, 1.82) is 0 Å². The van der Waals surface area contributed by atoms with Gasteiger partial charge in [-0.15, -0.1) is 0 Å². The molecule has 0 aliphatic rings. The van der Waals surface area contributed by atoms with Gasteiger partial charge in [-0.1, -0.05) is 12.1 Å². The second-order valence-corrected chi connectivity index (χ2v) is 2.53. The fourth-order valence-electron chi connectivity index (χ4n) is 1.13. The van der Waals surface area contributed by atoms with Crippen LogP contribution in [0.15, 0.2) is 12.1 Å².